The number of hydrogen-bond donors (Lipinski definition) is 0. The predicted octanol–water partition coefficient (Wildman–Crippen LogP) is 4.41. The molecular weight excluding hydrogens is 300 g/mol. The summed E-state index contributed by atoms with van der Waals surface area (Å²) in [6, 6.07) is 15.6. The van der Waals surface area contributed by atoms with Crippen molar-refractivity contribution >= 4 is 11.6 Å². The molecule has 1 amide bonds. The quantitative estimate of drug-likeness (QED) is 0.698. The van der Waals surface area contributed by atoms with Crippen molar-refractivity contribution in [3.8, 4) is 0 Å². The van der Waals surface area contributed by atoms with Gasteiger partial charge in [-0.1, -0.05) is 18.2 Å². The number of benzene rings is 1. The van der Waals surface area contributed by atoms with E-state index in [2.05, 4.69) is 4.57 Å². The summed E-state index contributed by atoms with van der Waals surface area (Å²) in [6.07, 6.45) is 1.67. The molecule has 0 bridgehead atoms. The van der Waals surface area contributed by atoms with Gasteiger partial charge in [0.15, 0.2) is 0 Å². The van der Waals surface area contributed by atoms with Gasteiger partial charge >= 0.3 is 0 Å². The minimum Gasteiger partial charge on any atom is -0.467 e. The number of para-hydroxylation sites is 1. The zero-order valence-corrected chi connectivity index (χ0v) is 14.3. The van der Waals surface area contributed by atoms with Crippen LogP contribution in [0.2, 0.25) is 0 Å². The molecule has 124 valence electrons. The van der Waals surface area contributed by atoms with Crippen LogP contribution < -0.4 is 4.90 Å². The third-order valence-corrected chi connectivity index (χ3v) is 4.33. The van der Waals surface area contributed by atoms with Crippen LogP contribution >= 0.6 is 0 Å². The van der Waals surface area contributed by atoms with Crippen molar-refractivity contribution in [3.05, 3.63) is 77.5 Å². The lowest BCUT2D eigenvalue weighted by atomic mass is 10.2. The van der Waals surface area contributed by atoms with Gasteiger partial charge in [-0.2, -0.15) is 0 Å². The van der Waals surface area contributed by atoms with Crippen LogP contribution in [0.3, 0.4) is 0 Å². The van der Waals surface area contributed by atoms with Gasteiger partial charge in [-0.15, -0.1) is 0 Å². The van der Waals surface area contributed by atoms with Crippen LogP contribution in [0.15, 0.2) is 59.2 Å². The molecule has 4 nitrogen and oxygen atoms in total. The highest BCUT2D eigenvalue weighted by Crippen LogP contribution is 2.22. The van der Waals surface area contributed by atoms with Crippen LogP contribution in [0.4, 0.5) is 5.69 Å². The molecule has 0 spiro atoms. The maximum atomic E-state index is 13.1. The molecule has 0 unspecified atom stereocenters. The Balaban J connectivity index is 1.93. The van der Waals surface area contributed by atoms with Gasteiger partial charge in [0.1, 0.15) is 5.76 Å². The van der Waals surface area contributed by atoms with Gasteiger partial charge in [0.25, 0.3) is 5.91 Å². The highest BCUT2D eigenvalue weighted by molar-refractivity contribution is 6.07. The summed E-state index contributed by atoms with van der Waals surface area (Å²) in [4.78, 5) is 14.9. The summed E-state index contributed by atoms with van der Waals surface area (Å²) in [5.74, 6) is 0.911. The first kappa shape index (κ1) is 16.1. The SMILES string of the molecule is CCN(C(=O)c1cc(C)n(Cc2ccco2)c1C)c1ccccc1. The highest BCUT2D eigenvalue weighted by atomic mass is 16.3. The fourth-order valence-corrected chi connectivity index (χ4v) is 3.02. The zero-order chi connectivity index (χ0) is 17.1. The molecule has 0 fully saturated rings. The van der Waals surface area contributed by atoms with Crippen LogP contribution in [0.1, 0.15) is 34.4 Å². The number of anilines is 1. The van der Waals surface area contributed by atoms with Crippen molar-refractivity contribution in [2.24, 2.45) is 0 Å². The monoisotopic (exact) mass is 322 g/mol. The van der Waals surface area contributed by atoms with E-state index in [1.165, 1.54) is 0 Å². The van der Waals surface area contributed by atoms with E-state index in [9.17, 15) is 4.79 Å². The van der Waals surface area contributed by atoms with Gasteiger partial charge in [-0.05, 0) is 51.1 Å². The van der Waals surface area contributed by atoms with Crippen molar-refractivity contribution in [2.45, 2.75) is 27.3 Å². The lowest BCUT2D eigenvalue weighted by molar-refractivity contribution is 0.0987. The van der Waals surface area contributed by atoms with Gasteiger partial charge in [0.05, 0.1) is 18.4 Å². The predicted molar refractivity (Wildman–Crippen MR) is 95.5 cm³/mol. The third kappa shape index (κ3) is 3.00. The molecule has 3 aromatic rings. The van der Waals surface area contributed by atoms with Gasteiger partial charge in [-0.3, -0.25) is 4.79 Å². The number of furan rings is 1. The average Bonchev–Trinajstić information content (AvgIpc) is 3.20. The van der Waals surface area contributed by atoms with E-state index in [0.29, 0.717) is 13.1 Å². The summed E-state index contributed by atoms with van der Waals surface area (Å²) >= 11 is 0. The van der Waals surface area contributed by atoms with Crippen LogP contribution in [0, 0.1) is 13.8 Å². The largest absolute Gasteiger partial charge is 0.467 e. The summed E-state index contributed by atoms with van der Waals surface area (Å²) in [5.41, 5.74) is 3.67. The number of nitrogens with zero attached hydrogens (tertiary/aromatic N) is 2. The van der Waals surface area contributed by atoms with Gasteiger partial charge in [0, 0.05) is 23.6 Å². The maximum Gasteiger partial charge on any atom is 0.260 e. The van der Waals surface area contributed by atoms with Crippen LogP contribution in [-0.4, -0.2) is 17.0 Å². The van der Waals surface area contributed by atoms with E-state index in [-0.39, 0.29) is 5.91 Å². The fraction of sp³-hybridized carbons (Fsp3) is 0.250. The summed E-state index contributed by atoms with van der Waals surface area (Å²) in [6.45, 7) is 7.26. The van der Waals surface area contributed by atoms with Crippen molar-refractivity contribution in [3.63, 3.8) is 0 Å². The van der Waals surface area contributed by atoms with Gasteiger partial charge in [0.2, 0.25) is 0 Å². The Hall–Kier alpha value is -2.75. The van der Waals surface area contributed by atoms with Crippen LogP contribution in [-0.2, 0) is 6.54 Å². The molecule has 0 N–H and O–H groups in total. The molecule has 0 radical (unpaired) electrons. The summed E-state index contributed by atoms with van der Waals surface area (Å²) < 4.78 is 7.55. The standard InChI is InChI=1S/C20H22N2O2/c1-4-21(17-9-6-5-7-10-17)20(23)19-13-15(2)22(16(19)3)14-18-11-8-12-24-18/h5-13H,4,14H2,1-3H3. The Labute approximate surface area is 142 Å². The van der Waals surface area contributed by atoms with Gasteiger partial charge in [-0.25, -0.2) is 0 Å². The molecule has 4 heteroatoms. The number of amides is 1. The normalized spacial score (nSPS) is 10.8. The minimum atomic E-state index is 0.0301. The lowest BCUT2D eigenvalue weighted by Gasteiger charge is -2.21. The zero-order valence-electron chi connectivity index (χ0n) is 14.3. The fourth-order valence-electron chi connectivity index (χ4n) is 3.02. The minimum absolute atomic E-state index is 0.0301. The van der Waals surface area contributed by atoms with E-state index in [0.717, 1.165) is 28.4 Å². The molecule has 0 saturated heterocycles. The first-order valence-electron chi connectivity index (χ1n) is 8.17. The molecular formula is C20H22N2O2. The third-order valence-electron chi connectivity index (χ3n) is 4.33. The maximum absolute atomic E-state index is 13.1. The molecule has 2 aromatic heterocycles. The molecule has 2 heterocycles. The van der Waals surface area contributed by atoms with E-state index in [1.54, 1.807) is 11.2 Å². The van der Waals surface area contributed by atoms with E-state index < -0.39 is 0 Å². The molecule has 1 aromatic carbocycles. The molecule has 0 aliphatic heterocycles. The number of aryl methyl sites for hydroxylation is 1. The summed E-state index contributed by atoms with van der Waals surface area (Å²) in [5, 5.41) is 0. The molecule has 3 rings (SSSR count). The van der Waals surface area contributed by atoms with Crippen molar-refractivity contribution in [1.82, 2.24) is 4.57 Å². The number of carbonyl (C=O) groups is 1. The molecule has 0 aliphatic rings. The number of rotatable bonds is 5. The van der Waals surface area contributed by atoms with E-state index in [1.807, 2.05) is 69.3 Å². The molecule has 0 saturated carbocycles. The van der Waals surface area contributed by atoms with Crippen molar-refractivity contribution < 1.29 is 9.21 Å². The van der Waals surface area contributed by atoms with Crippen LogP contribution in [0.25, 0.3) is 0 Å². The molecule has 24 heavy (non-hydrogen) atoms. The smallest absolute Gasteiger partial charge is 0.260 e. The second kappa shape index (κ2) is 6.79. The Morgan fingerprint density at radius 3 is 2.50 bits per heavy atom. The lowest BCUT2D eigenvalue weighted by Crippen LogP contribution is -2.30. The number of carbonyl (C=O) groups excluding carboxylic acids is 1. The number of aromatic nitrogens is 1. The van der Waals surface area contributed by atoms with E-state index >= 15 is 0 Å². The summed E-state index contributed by atoms with van der Waals surface area (Å²) in [7, 11) is 0. The molecule has 0 atom stereocenters. The van der Waals surface area contributed by atoms with E-state index in [4.69, 9.17) is 4.42 Å². The topological polar surface area (TPSA) is 38.4 Å². The Morgan fingerprint density at radius 2 is 1.88 bits per heavy atom. The van der Waals surface area contributed by atoms with Crippen molar-refractivity contribution in [1.29, 1.82) is 0 Å². The Morgan fingerprint density at radius 1 is 1.12 bits per heavy atom. The Kier molecular flexibility index (Phi) is 4.56. The first-order chi connectivity index (χ1) is 11.6. The second-order valence-corrected chi connectivity index (χ2v) is 5.84. The number of hydrogen-bond acceptors (Lipinski definition) is 2. The van der Waals surface area contributed by atoms with Crippen LogP contribution in [0.5, 0.6) is 0 Å². The van der Waals surface area contributed by atoms with Gasteiger partial charge < -0.3 is 13.9 Å². The average molecular weight is 322 g/mol. The molecule has 0 aliphatic carbocycles. The Bertz CT molecular complexity index is 817. The van der Waals surface area contributed by atoms with Crippen molar-refractivity contribution in [2.75, 3.05) is 11.4 Å². The first-order valence-corrected chi connectivity index (χ1v) is 8.17. The highest BCUT2D eigenvalue weighted by Gasteiger charge is 2.21. The second-order valence-electron chi connectivity index (χ2n) is 5.84.